The number of carboxylic acid groups (broad SMARTS) is 1. The van der Waals surface area contributed by atoms with Gasteiger partial charge in [0.05, 0.1) is 11.0 Å². The molecule has 0 aliphatic carbocycles. The minimum Gasteiger partial charge on any atom is -0.478 e. The normalized spacial score (nSPS) is 11.4. The quantitative estimate of drug-likeness (QED) is 0.841. The number of rotatable bonds is 4. The van der Waals surface area contributed by atoms with Gasteiger partial charge in [-0.1, -0.05) is 19.1 Å². The molecular weight excluding hydrogens is 228 g/mol. The van der Waals surface area contributed by atoms with Crippen LogP contribution in [0.25, 0.3) is 17.1 Å². The summed E-state index contributed by atoms with van der Waals surface area (Å²) in [6, 6.07) is 6.09. The molecule has 2 aromatic rings. The SMILES string of the molecule is CCc1cccc2c1nc(/C=C/C(=O)O)n2CC. The zero-order chi connectivity index (χ0) is 13.1. The van der Waals surface area contributed by atoms with Crippen LogP contribution in [-0.2, 0) is 17.8 Å². The molecule has 1 N–H and O–H groups in total. The van der Waals surface area contributed by atoms with Gasteiger partial charge >= 0.3 is 5.97 Å². The van der Waals surface area contributed by atoms with Gasteiger partial charge in [0, 0.05) is 12.6 Å². The second-order valence-corrected chi connectivity index (χ2v) is 4.02. The van der Waals surface area contributed by atoms with Gasteiger partial charge < -0.3 is 9.67 Å². The number of para-hydroxylation sites is 1. The van der Waals surface area contributed by atoms with Crippen molar-refractivity contribution < 1.29 is 9.90 Å². The summed E-state index contributed by atoms with van der Waals surface area (Å²) in [5.41, 5.74) is 3.21. The maximum absolute atomic E-state index is 10.6. The second kappa shape index (κ2) is 5.04. The number of hydrogen-bond acceptors (Lipinski definition) is 2. The number of aliphatic carboxylic acids is 1. The zero-order valence-electron chi connectivity index (χ0n) is 10.6. The van der Waals surface area contributed by atoms with Crippen LogP contribution in [0.4, 0.5) is 0 Å². The molecule has 0 fully saturated rings. The number of aromatic nitrogens is 2. The van der Waals surface area contributed by atoms with Crippen LogP contribution in [0, 0.1) is 0 Å². The van der Waals surface area contributed by atoms with Crippen molar-refractivity contribution in [2.75, 3.05) is 0 Å². The highest BCUT2D eigenvalue weighted by Gasteiger charge is 2.09. The first-order chi connectivity index (χ1) is 8.67. The summed E-state index contributed by atoms with van der Waals surface area (Å²) >= 11 is 0. The van der Waals surface area contributed by atoms with Crippen LogP contribution < -0.4 is 0 Å². The van der Waals surface area contributed by atoms with Crippen molar-refractivity contribution in [2.24, 2.45) is 0 Å². The minimum absolute atomic E-state index is 0.691. The molecule has 4 heteroatoms. The molecule has 1 heterocycles. The van der Waals surface area contributed by atoms with E-state index in [0.29, 0.717) is 5.82 Å². The third kappa shape index (κ3) is 2.14. The van der Waals surface area contributed by atoms with E-state index in [9.17, 15) is 4.79 Å². The lowest BCUT2D eigenvalue weighted by Gasteiger charge is -2.02. The van der Waals surface area contributed by atoms with Crippen LogP contribution in [0.3, 0.4) is 0 Å². The molecule has 0 saturated heterocycles. The highest BCUT2D eigenvalue weighted by Crippen LogP contribution is 2.21. The third-order valence-electron chi connectivity index (χ3n) is 2.96. The Morgan fingerprint density at radius 1 is 1.44 bits per heavy atom. The van der Waals surface area contributed by atoms with Gasteiger partial charge in [0.25, 0.3) is 0 Å². The fraction of sp³-hybridized carbons (Fsp3) is 0.286. The molecule has 1 aromatic carbocycles. The predicted octanol–water partition coefficient (Wildman–Crippen LogP) is 2.72. The summed E-state index contributed by atoms with van der Waals surface area (Å²) in [6.45, 7) is 4.88. The van der Waals surface area contributed by atoms with E-state index in [1.54, 1.807) is 6.08 Å². The summed E-state index contributed by atoms with van der Waals surface area (Å²) in [5.74, 6) is -0.267. The van der Waals surface area contributed by atoms with E-state index in [1.807, 2.05) is 23.6 Å². The molecule has 0 unspecified atom stereocenters. The van der Waals surface area contributed by atoms with Gasteiger partial charge in [-0.25, -0.2) is 9.78 Å². The lowest BCUT2D eigenvalue weighted by atomic mass is 10.1. The maximum atomic E-state index is 10.6. The van der Waals surface area contributed by atoms with Crippen molar-refractivity contribution in [3.63, 3.8) is 0 Å². The Hall–Kier alpha value is -2.10. The molecular formula is C14H16N2O2. The average molecular weight is 244 g/mol. The van der Waals surface area contributed by atoms with Crippen LogP contribution >= 0.6 is 0 Å². The highest BCUT2D eigenvalue weighted by atomic mass is 16.4. The highest BCUT2D eigenvalue weighted by molar-refractivity contribution is 5.86. The van der Waals surface area contributed by atoms with Crippen molar-refractivity contribution >= 4 is 23.1 Å². The fourth-order valence-corrected chi connectivity index (χ4v) is 2.11. The van der Waals surface area contributed by atoms with E-state index in [4.69, 9.17) is 5.11 Å². The topological polar surface area (TPSA) is 55.1 Å². The van der Waals surface area contributed by atoms with Crippen LogP contribution in [0.5, 0.6) is 0 Å². The standard InChI is InChI=1S/C14H16N2O2/c1-3-10-6-5-7-11-14(10)15-12(16(11)4-2)8-9-13(17)18/h5-9H,3-4H2,1-2H3,(H,17,18)/b9-8+. The van der Waals surface area contributed by atoms with Crippen molar-refractivity contribution in [1.82, 2.24) is 9.55 Å². The lowest BCUT2D eigenvalue weighted by Crippen LogP contribution is -1.97. The first-order valence-electron chi connectivity index (χ1n) is 6.06. The third-order valence-corrected chi connectivity index (χ3v) is 2.96. The van der Waals surface area contributed by atoms with Crippen molar-refractivity contribution in [3.8, 4) is 0 Å². The van der Waals surface area contributed by atoms with Crippen LogP contribution in [0.2, 0.25) is 0 Å². The Labute approximate surface area is 106 Å². The molecule has 0 spiro atoms. The number of benzene rings is 1. The molecule has 0 radical (unpaired) electrons. The molecule has 2 rings (SSSR count). The number of carbonyl (C=O) groups is 1. The second-order valence-electron chi connectivity index (χ2n) is 4.02. The number of carboxylic acids is 1. The number of imidazole rings is 1. The Morgan fingerprint density at radius 3 is 2.83 bits per heavy atom. The first kappa shape index (κ1) is 12.4. The predicted molar refractivity (Wildman–Crippen MR) is 71.5 cm³/mol. The van der Waals surface area contributed by atoms with Crippen molar-refractivity contribution in [2.45, 2.75) is 26.8 Å². The Morgan fingerprint density at radius 2 is 2.22 bits per heavy atom. The van der Waals surface area contributed by atoms with Gasteiger partial charge in [0.1, 0.15) is 5.82 Å². The fourth-order valence-electron chi connectivity index (χ4n) is 2.11. The molecule has 18 heavy (non-hydrogen) atoms. The summed E-state index contributed by atoms with van der Waals surface area (Å²) < 4.78 is 2.02. The average Bonchev–Trinajstić information content (AvgIpc) is 2.73. The van der Waals surface area contributed by atoms with Crippen LogP contribution in [0.15, 0.2) is 24.3 Å². The molecule has 0 aliphatic heterocycles. The smallest absolute Gasteiger partial charge is 0.328 e. The first-order valence-corrected chi connectivity index (χ1v) is 6.06. The van der Waals surface area contributed by atoms with Crippen LogP contribution in [0.1, 0.15) is 25.2 Å². The van der Waals surface area contributed by atoms with E-state index >= 15 is 0 Å². The maximum Gasteiger partial charge on any atom is 0.328 e. The van der Waals surface area contributed by atoms with Gasteiger partial charge in [-0.05, 0) is 31.1 Å². The van der Waals surface area contributed by atoms with Gasteiger partial charge in [0.2, 0.25) is 0 Å². The summed E-state index contributed by atoms with van der Waals surface area (Å²) in [6.07, 6.45) is 3.59. The molecule has 1 aromatic heterocycles. The van der Waals surface area contributed by atoms with E-state index in [1.165, 1.54) is 5.56 Å². The monoisotopic (exact) mass is 244 g/mol. The van der Waals surface area contributed by atoms with Gasteiger partial charge in [-0.15, -0.1) is 0 Å². The van der Waals surface area contributed by atoms with Gasteiger partial charge in [0.15, 0.2) is 0 Å². The molecule has 4 nitrogen and oxygen atoms in total. The summed E-state index contributed by atoms with van der Waals surface area (Å²) in [5, 5.41) is 8.69. The number of aryl methyl sites for hydroxylation is 2. The van der Waals surface area contributed by atoms with E-state index in [-0.39, 0.29) is 0 Å². The van der Waals surface area contributed by atoms with Crippen molar-refractivity contribution in [3.05, 3.63) is 35.7 Å². The Balaban J connectivity index is 2.64. The number of hydrogen-bond donors (Lipinski definition) is 1. The molecule has 0 bridgehead atoms. The minimum atomic E-state index is -0.958. The lowest BCUT2D eigenvalue weighted by molar-refractivity contribution is -0.131. The Kier molecular flexibility index (Phi) is 3.46. The molecule has 0 aliphatic rings. The van der Waals surface area contributed by atoms with E-state index < -0.39 is 5.97 Å². The molecule has 0 saturated carbocycles. The van der Waals surface area contributed by atoms with E-state index in [2.05, 4.69) is 18.0 Å². The number of nitrogens with zero attached hydrogens (tertiary/aromatic N) is 2. The Bertz CT molecular complexity index is 612. The summed E-state index contributed by atoms with van der Waals surface area (Å²) in [7, 11) is 0. The summed E-state index contributed by atoms with van der Waals surface area (Å²) in [4.78, 5) is 15.1. The largest absolute Gasteiger partial charge is 0.478 e. The van der Waals surface area contributed by atoms with Crippen LogP contribution in [-0.4, -0.2) is 20.6 Å². The van der Waals surface area contributed by atoms with Crippen molar-refractivity contribution in [1.29, 1.82) is 0 Å². The van der Waals surface area contributed by atoms with E-state index in [0.717, 1.165) is 30.1 Å². The van der Waals surface area contributed by atoms with Gasteiger partial charge in [-0.2, -0.15) is 0 Å². The number of fused-ring (bicyclic) bond motifs is 1. The molecule has 0 atom stereocenters. The molecule has 0 amide bonds. The van der Waals surface area contributed by atoms with Gasteiger partial charge in [-0.3, -0.25) is 0 Å². The molecule has 94 valence electrons. The zero-order valence-corrected chi connectivity index (χ0v) is 10.6.